The summed E-state index contributed by atoms with van der Waals surface area (Å²) in [6.07, 6.45) is 3.74. The molecule has 0 spiro atoms. The fourth-order valence-corrected chi connectivity index (χ4v) is 2.98. The number of nitrogens with one attached hydrogen (secondary N) is 1. The lowest BCUT2D eigenvalue weighted by atomic mass is 10.1. The highest BCUT2D eigenvalue weighted by Gasteiger charge is 2.09. The van der Waals surface area contributed by atoms with Crippen LogP contribution in [0, 0.1) is 5.82 Å². The molecule has 0 unspecified atom stereocenters. The summed E-state index contributed by atoms with van der Waals surface area (Å²) in [6, 6.07) is 11.6. The highest BCUT2D eigenvalue weighted by atomic mass is 35.5. The molecule has 0 atom stereocenters. The van der Waals surface area contributed by atoms with Crippen molar-refractivity contribution >= 4 is 23.2 Å². The second kappa shape index (κ2) is 8.89. The van der Waals surface area contributed by atoms with Gasteiger partial charge in [0.25, 0.3) is 5.91 Å². The molecule has 0 radical (unpaired) electrons. The summed E-state index contributed by atoms with van der Waals surface area (Å²) in [6.45, 7) is 4.67. The van der Waals surface area contributed by atoms with Gasteiger partial charge in [0, 0.05) is 36.6 Å². The van der Waals surface area contributed by atoms with Crippen LogP contribution < -0.4 is 10.1 Å². The van der Waals surface area contributed by atoms with Crippen molar-refractivity contribution in [2.24, 2.45) is 0 Å². The molecule has 5 nitrogen and oxygen atoms in total. The predicted molar refractivity (Wildman–Crippen MR) is 107 cm³/mol. The van der Waals surface area contributed by atoms with Crippen LogP contribution in [-0.2, 0) is 11.3 Å². The fraction of sp³-hybridized carbons (Fsp3) is 0.238. The zero-order chi connectivity index (χ0) is 20.1. The van der Waals surface area contributed by atoms with Crippen LogP contribution in [0.15, 0.2) is 54.9 Å². The Balaban J connectivity index is 1.59. The van der Waals surface area contributed by atoms with Crippen LogP contribution in [0.2, 0.25) is 5.02 Å². The number of ether oxygens (including phenoxy) is 1. The van der Waals surface area contributed by atoms with Crippen LogP contribution in [0.25, 0.3) is 0 Å². The Bertz CT molecular complexity index is 972. The Morgan fingerprint density at radius 3 is 2.86 bits per heavy atom. The Morgan fingerprint density at radius 1 is 1.29 bits per heavy atom. The number of halogens is 2. The summed E-state index contributed by atoms with van der Waals surface area (Å²) in [5.74, 6) is 0.823. The second-order valence-corrected chi connectivity index (χ2v) is 7.09. The summed E-state index contributed by atoms with van der Waals surface area (Å²) >= 11 is 5.70. The van der Waals surface area contributed by atoms with Crippen molar-refractivity contribution in [2.75, 3.05) is 11.9 Å². The van der Waals surface area contributed by atoms with E-state index in [-0.39, 0.29) is 17.5 Å². The fourth-order valence-electron chi connectivity index (χ4n) is 2.81. The third kappa shape index (κ3) is 5.10. The third-order valence-corrected chi connectivity index (χ3v) is 4.38. The number of carbonyl (C=O) groups is 1. The molecule has 0 fully saturated rings. The summed E-state index contributed by atoms with van der Waals surface area (Å²) in [7, 11) is 0. The van der Waals surface area contributed by atoms with Crippen LogP contribution in [-0.4, -0.2) is 22.1 Å². The van der Waals surface area contributed by atoms with Crippen molar-refractivity contribution in [1.82, 2.24) is 9.55 Å². The van der Waals surface area contributed by atoms with E-state index in [4.69, 9.17) is 16.3 Å². The first-order chi connectivity index (χ1) is 13.4. The van der Waals surface area contributed by atoms with E-state index in [0.717, 1.165) is 11.4 Å². The number of nitrogens with zero attached hydrogens (tertiary/aromatic N) is 2. The van der Waals surface area contributed by atoms with Gasteiger partial charge in [-0.1, -0.05) is 37.6 Å². The molecule has 0 aliphatic carbocycles. The molecule has 3 aromatic rings. The zero-order valence-electron chi connectivity index (χ0n) is 15.7. The van der Waals surface area contributed by atoms with Gasteiger partial charge in [0.2, 0.25) is 0 Å². The lowest BCUT2D eigenvalue weighted by Crippen LogP contribution is -2.20. The number of imidazole rings is 1. The number of amides is 1. The van der Waals surface area contributed by atoms with Gasteiger partial charge in [0.1, 0.15) is 17.4 Å². The van der Waals surface area contributed by atoms with Crippen molar-refractivity contribution < 1.29 is 13.9 Å². The van der Waals surface area contributed by atoms with Gasteiger partial charge >= 0.3 is 0 Å². The van der Waals surface area contributed by atoms with E-state index in [2.05, 4.69) is 28.7 Å². The summed E-state index contributed by atoms with van der Waals surface area (Å²) in [4.78, 5) is 16.5. The smallest absolute Gasteiger partial charge is 0.262 e. The molecule has 28 heavy (non-hydrogen) atoms. The van der Waals surface area contributed by atoms with E-state index in [1.165, 1.54) is 18.2 Å². The van der Waals surface area contributed by atoms with Gasteiger partial charge in [-0.2, -0.15) is 0 Å². The minimum Gasteiger partial charge on any atom is -0.484 e. The number of aromatic nitrogens is 2. The molecule has 0 bridgehead atoms. The molecule has 0 saturated carbocycles. The second-order valence-electron chi connectivity index (χ2n) is 6.68. The quantitative estimate of drug-likeness (QED) is 0.614. The molecule has 0 aliphatic heterocycles. The monoisotopic (exact) mass is 401 g/mol. The van der Waals surface area contributed by atoms with Crippen molar-refractivity contribution in [2.45, 2.75) is 26.3 Å². The number of benzene rings is 2. The maximum atomic E-state index is 13.2. The first kappa shape index (κ1) is 19.9. The standard InChI is InChI=1S/C21H21ClFN3O2/c1-14(2)21-24-8-9-26(21)12-15-4-3-5-16(10-15)25-20(27)13-28-17-6-7-19(23)18(22)11-17/h3-11,14H,12-13H2,1-2H3,(H,25,27). The molecular weight excluding hydrogens is 381 g/mol. The van der Waals surface area contributed by atoms with Gasteiger partial charge in [0.05, 0.1) is 5.02 Å². The normalized spacial score (nSPS) is 10.9. The lowest BCUT2D eigenvalue weighted by molar-refractivity contribution is -0.118. The van der Waals surface area contributed by atoms with Crippen molar-refractivity contribution in [3.05, 3.63) is 77.1 Å². The molecule has 1 N–H and O–H groups in total. The topological polar surface area (TPSA) is 56.2 Å². The van der Waals surface area contributed by atoms with Crippen molar-refractivity contribution in [3.8, 4) is 5.75 Å². The van der Waals surface area contributed by atoms with Gasteiger partial charge in [-0.15, -0.1) is 0 Å². The molecule has 7 heteroatoms. The summed E-state index contributed by atoms with van der Waals surface area (Å²) in [5.41, 5.74) is 1.72. The number of hydrogen-bond donors (Lipinski definition) is 1. The first-order valence-corrected chi connectivity index (χ1v) is 9.28. The number of rotatable bonds is 7. The Labute approximate surface area is 168 Å². The van der Waals surface area contributed by atoms with Crippen LogP contribution in [0.3, 0.4) is 0 Å². The maximum Gasteiger partial charge on any atom is 0.262 e. The van der Waals surface area contributed by atoms with Crippen molar-refractivity contribution in [1.29, 1.82) is 0 Å². The lowest BCUT2D eigenvalue weighted by Gasteiger charge is -2.12. The molecule has 146 valence electrons. The van der Waals surface area contributed by atoms with E-state index in [9.17, 15) is 9.18 Å². The molecule has 1 amide bonds. The van der Waals surface area contributed by atoms with E-state index >= 15 is 0 Å². The van der Waals surface area contributed by atoms with Crippen molar-refractivity contribution in [3.63, 3.8) is 0 Å². The Kier molecular flexibility index (Phi) is 6.31. The SMILES string of the molecule is CC(C)c1nccn1Cc1cccc(NC(=O)COc2ccc(F)c(Cl)c2)c1. The highest BCUT2D eigenvalue weighted by molar-refractivity contribution is 6.30. The average Bonchev–Trinajstić information content (AvgIpc) is 3.11. The zero-order valence-corrected chi connectivity index (χ0v) is 16.4. The molecule has 0 saturated heterocycles. The largest absolute Gasteiger partial charge is 0.484 e. The van der Waals surface area contributed by atoms with Crippen LogP contribution in [0.5, 0.6) is 5.75 Å². The average molecular weight is 402 g/mol. The van der Waals surface area contributed by atoms with Crippen LogP contribution >= 0.6 is 11.6 Å². The summed E-state index contributed by atoms with van der Waals surface area (Å²) < 4.78 is 20.6. The van der Waals surface area contributed by atoms with Gasteiger partial charge in [-0.25, -0.2) is 9.37 Å². The maximum absolute atomic E-state index is 13.2. The van der Waals surface area contributed by atoms with Gasteiger partial charge in [0.15, 0.2) is 6.61 Å². The number of carbonyl (C=O) groups excluding carboxylic acids is 1. The van der Waals surface area contributed by atoms with E-state index < -0.39 is 5.82 Å². The number of anilines is 1. The predicted octanol–water partition coefficient (Wildman–Crippen LogP) is 4.86. The first-order valence-electron chi connectivity index (χ1n) is 8.90. The van der Waals surface area contributed by atoms with E-state index in [1.54, 1.807) is 6.20 Å². The molecular formula is C21H21ClFN3O2. The van der Waals surface area contributed by atoms with E-state index in [1.807, 2.05) is 30.5 Å². The summed E-state index contributed by atoms with van der Waals surface area (Å²) in [5, 5.41) is 2.75. The number of hydrogen-bond acceptors (Lipinski definition) is 3. The van der Waals surface area contributed by atoms with Crippen LogP contribution in [0.1, 0.15) is 31.2 Å². The molecule has 2 aromatic carbocycles. The molecule has 0 aliphatic rings. The Morgan fingerprint density at radius 2 is 2.11 bits per heavy atom. The molecule has 1 aromatic heterocycles. The minimum atomic E-state index is -0.534. The Hall–Kier alpha value is -2.86. The molecule has 3 rings (SSSR count). The van der Waals surface area contributed by atoms with Gasteiger partial charge in [-0.3, -0.25) is 4.79 Å². The third-order valence-electron chi connectivity index (χ3n) is 4.09. The van der Waals surface area contributed by atoms with E-state index in [0.29, 0.717) is 23.9 Å². The highest BCUT2D eigenvalue weighted by Crippen LogP contribution is 2.21. The van der Waals surface area contributed by atoms with Crippen LogP contribution in [0.4, 0.5) is 10.1 Å². The van der Waals surface area contributed by atoms with Gasteiger partial charge in [-0.05, 0) is 29.8 Å². The van der Waals surface area contributed by atoms with Gasteiger partial charge < -0.3 is 14.6 Å². The minimum absolute atomic E-state index is 0.0501. The molecule has 1 heterocycles.